The van der Waals surface area contributed by atoms with E-state index in [-0.39, 0.29) is 32.3 Å². The zero-order chi connectivity index (χ0) is 27.1. The average molecular weight is 552 g/mol. The molecule has 1 heterocycles. The summed E-state index contributed by atoms with van der Waals surface area (Å²) in [4.78, 5) is 18.6. The van der Waals surface area contributed by atoms with Gasteiger partial charge in [0.05, 0.1) is 12.1 Å². The van der Waals surface area contributed by atoms with Crippen molar-refractivity contribution in [3.05, 3.63) is 65.4 Å². The zero-order valence-electron chi connectivity index (χ0n) is 21.4. The molecule has 0 aliphatic heterocycles. The molecule has 194 valence electrons. The van der Waals surface area contributed by atoms with E-state index < -0.39 is 29.9 Å². The fraction of sp³-hybridized carbons (Fsp3) is 0.360. The second kappa shape index (κ2) is 10.1. The number of hydrogen-bond donors (Lipinski definition) is 1. The van der Waals surface area contributed by atoms with E-state index in [4.69, 9.17) is 0 Å². The third-order valence-electron chi connectivity index (χ3n) is 6.46. The molecule has 1 aromatic heterocycles. The summed E-state index contributed by atoms with van der Waals surface area (Å²) in [5, 5.41) is 0.0936. The van der Waals surface area contributed by atoms with Crippen LogP contribution in [-0.2, 0) is 21.2 Å². The summed E-state index contributed by atoms with van der Waals surface area (Å²) in [6.45, 7) is 11.6. The van der Waals surface area contributed by atoms with Crippen molar-refractivity contribution in [2.24, 2.45) is 0 Å². The Morgan fingerprint density at radius 2 is 1.72 bits per heavy atom. The molecule has 1 amide bonds. The number of nitrogens with zero attached hydrogens (tertiary/aromatic N) is 2. The van der Waals surface area contributed by atoms with Crippen LogP contribution in [0.2, 0.25) is 18.1 Å². The van der Waals surface area contributed by atoms with Crippen molar-refractivity contribution < 1.29 is 22.0 Å². The lowest BCUT2D eigenvalue weighted by Gasteiger charge is -2.36. The van der Waals surface area contributed by atoms with Crippen LogP contribution in [0.5, 0.6) is 0 Å². The third-order valence-corrected chi connectivity index (χ3v) is 16.0. The molecule has 0 fully saturated rings. The van der Waals surface area contributed by atoms with Gasteiger partial charge < -0.3 is 0 Å². The molecule has 0 spiro atoms. The van der Waals surface area contributed by atoms with Crippen molar-refractivity contribution in [3.63, 3.8) is 0 Å². The minimum atomic E-state index is -3.79. The fourth-order valence-electron chi connectivity index (χ4n) is 3.22. The van der Waals surface area contributed by atoms with Gasteiger partial charge in [0.15, 0.2) is 9.34 Å². The average Bonchev–Trinajstić information content (AvgIpc) is 3.16. The number of carbonyl (C=O) groups excluding carboxylic acids is 1. The maximum atomic E-state index is 14.0. The third kappa shape index (κ3) is 6.08. The molecule has 6 nitrogen and oxygen atoms in total. The van der Waals surface area contributed by atoms with Gasteiger partial charge in [-0.05, 0) is 41.3 Å². The molecular formula is C25H31F2N3O3S2Si. The predicted octanol–water partition coefficient (Wildman–Crippen LogP) is 5.89. The van der Waals surface area contributed by atoms with Gasteiger partial charge in [-0.25, -0.2) is 26.6 Å². The van der Waals surface area contributed by atoms with Crippen molar-refractivity contribution in [1.82, 2.24) is 9.37 Å². The molecule has 36 heavy (non-hydrogen) atoms. The lowest BCUT2D eigenvalue weighted by molar-refractivity contribution is -0.117. The van der Waals surface area contributed by atoms with Gasteiger partial charge in [0, 0.05) is 12.6 Å². The number of aryl methyl sites for hydroxylation is 1. The summed E-state index contributed by atoms with van der Waals surface area (Å²) < 4.78 is 56.9. The molecule has 0 atom stereocenters. The number of sulfonamides is 1. The Labute approximate surface area is 216 Å². The minimum absolute atomic E-state index is 0.0331. The number of nitrogens with one attached hydrogen (secondary N) is 1. The van der Waals surface area contributed by atoms with Gasteiger partial charge in [0.1, 0.15) is 19.9 Å². The Bertz CT molecular complexity index is 1380. The SMILES string of the molecule is Cc1nc(N(C)C(=O)Cc2ccc(-c3cc(F)ccc3F)cc2)sc1S(=O)(=O)N[Si](C)(C)C(C)(C)C. The van der Waals surface area contributed by atoms with E-state index in [0.29, 0.717) is 16.8 Å². The lowest BCUT2D eigenvalue weighted by Crippen LogP contribution is -2.54. The van der Waals surface area contributed by atoms with Crippen LogP contribution in [-0.4, -0.2) is 34.6 Å². The summed E-state index contributed by atoms with van der Waals surface area (Å²) in [7, 11) is -4.60. The summed E-state index contributed by atoms with van der Waals surface area (Å²) >= 11 is 0.956. The minimum Gasteiger partial charge on any atom is -0.291 e. The van der Waals surface area contributed by atoms with Crippen molar-refractivity contribution in [3.8, 4) is 11.1 Å². The van der Waals surface area contributed by atoms with Crippen LogP contribution in [0, 0.1) is 18.6 Å². The molecule has 0 saturated heterocycles. The molecule has 0 saturated carbocycles. The summed E-state index contributed by atoms with van der Waals surface area (Å²) in [6.07, 6.45) is 0.0331. The highest BCUT2D eigenvalue weighted by atomic mass is 32.2. The van der Waals surface area contributed by atoms with Crippen LogP contribution in [0.25, 0.3) is 11.1 Å². The highest BCUT2D eigenvalue weighted by Gasteiger charge is 2.40. The van der Waals surface area contributed by atoms with Gasteiger partial charge in [-0.2, -0.15) is 0 Å². The zero-order valence-corrected chi connectivity index (χ0v) is 24.1. The normalized spacial score (nSPS) is 12.6. The van der Waals surface area contributed by atoms with Gasteiger partial charge >= 0.3 is 0 Å². The van der Waals surface area contributed by atoms with E-state index in [1.54, 1.807) is 38.2 Å². The number of thiazole rings is 1. The fourth-order valence-corrected chi connectivity index (χ4v) is 9.75. The van der Waals surface area contributed by atoms with Gasteiger partial charge in [0.25, 0.3) is 0 Å². The predicted molar refractivity (Wildman–Crippen MR) is 143 cm³/mol. The van der Waals surface area contributed by atoms with E-state index >= 15 is 0 Å². The first-order valence-electron chi connectivity index (χ1n) is 11.3. The molecule has 3 rings (SSSR count). The van der Waals surface area contributed by atoms with Crippen LogP contribution in [0.3, 0.4) is 0 Å². The number of hydrogen-bond acceptors (Lipinski definition) is 5. The largest absolute Gasteiger partial charge is 0.291 e. The molecule has 1 N–H and O–H groups in total. The molecular weight excluding hydrogens is 521 g/mol. The Kier molecular flexibility index (Phi) is 7.90. The lowest BCUT2D eigenvalue weighted by atomic mass is 10.0. The Morgan fingerprint density at radius 1 is 1.11 bits per heavy atom. The second-order valence-corrected chi connectivity index (χ2v) is 18.5. The highest BCUT2D eigenvalue weighted by Crippen LogP contribution is 2.37. The van der Waals surface area contributed by atoms with Gasteiger partial charge in [0.2, 0.25) is 15.9 Å². The molecule has 3 aromatic rings. The quantitative estimate of drug-likeness (QED) is 0.372. The molecule has 0 aliphatic carbocycles. The number of benzene rings is 2. The van der Waals surface area contributed by atoms with Crippen LogP contribution >= 0.6 is 11.3 Å². The van der Waals surface area contributed by atoms with Crippen molar-refractivity contribution in [2.45, 2.75) is 56.5 Å². The number of aromatic nitrogens is 1. The van der Waals surface area contributed by atoms with Crippen LogP contribution in [0.4, 0.5) is 13.9 Å². The number of anilines is 1. The van der Waals surface area contributed by atoms with E-state index in [1.807, 2.05) is 33.9 Å². The number of halogens is 2. The van der Waals surface area contributed by atoms with Crippen molar-refractivity contribution in [2.75, 3.05) is 11.9 Å². The molecule has 0 aliphatic rings. The second-order valence-electron chi connectivity index (χ2n) is 10.3. The number of carbonyl (C=O) groups is 1. The van der Waals surface area contributed by atoms with E-state index in [2.05, 4.69) is 9.37 Å². The first kappa shape index (κ1) is 28.1. The van der Waals surface area contributed by atoms with Gasteiger partial charge in [-0.1, -0.05) is 69.5 Å². The molecule has 0 unspecified atom stereocenters. The Hall–Kier alpha value is -2.47. The maximum Gasteiger partial charge on any atom is 0.246 e. The van der Waals surface area contributed by atoms with E-state index in [9.17, 15) is 22.0 Å². The molecule has 0 radical (unpaired) electrons. The smallest absolute Gasteiger partial charge is 0.246 e. The van der Waals surface area contributed by atoms with Gasteiger partial charge in [-0.3, -0.25) is 9.69 Å². The summed E-state index contributed by atoms with van der Waals surface area (Å²) in [5.74, 6) is -1.35. The van der Waals surface area contributed by atoms with Crippen molar-refractivity contribution >= 4 is 40.6 Å². The Balaban J connectivity index is 1.76. The van der Waals surface area contributed by atoms with E-state index in [1.165, 1.54) is 4.90 Å². The highest BCUT2D eigenvalue weighted by molar-refractivity contribution is 7.93. The number of likely N-dealkylation sites (N-methyl/N-ethyl adjacent to an activating group) is 1. The first-order chi connectivity index (χ1) is 16.5. The summed E-state index contributed by atoms with van der Waals surface area (Å²) in [5.41, 5.74) is 1.65. The maximum absolute atomic E-state index is 14.0. The standard InChI is InChI=1S/C25H31F2N3O3S2Si/c1-16-23(35(32,33)29-36(6,7)25(2,3)4)34-24(28-16)30(5)22(31)14-17-8-10-18(11-9-17)20-15-19(26)12-13-21(20)27/h8-13,15,29H,14H2,1-7H3. The first-order valence-corrected chi connectivity index (χ1v) is 16.6. The molecule has 0 bridgehead atoms. The Morgan fingerprint density at radius 3 is 2.31 bits per heavy atom. The molecule has 11 heteroatoms. The van der Waals surface area contributed by atoms with Crippen LogP contribution in [0.1, 0.15) is 32.0 Å². The number of amides is 1. The topological polar surface area (TPSA) is 79.4 Å². The van der Waals surface area contributed by atoms with Crippen LogP contribution in [0.15, 0.2) is 46.7 Å². The van der Waals surface area contributed by atoms with Gasteiger partial charge in [-0.15, -0.1) is 0 Å². The number of rotatable bonds is 7. The van der Waals surface area contributed by atoms with Crippen molar-refractivity contribution in [1.29, 1.82) is 0 Å². The monoisotopic (exact) mass is 551 g/mol. The summed E-state index contributed by atoms with van der Waals surface area (Å²) in [6, 6.07) is 9.87. The van der Waals surface area contributed by atoms with E-state index in [0.717, 1.165) is 29.5 Å². The van der Waals surface area contributed by atoms with Crippen LogP contribution < -0.4 is 9.29 Å². The molecule has 2 aromatic carbocycles.